The first-order valence-corrected chi connectivity index (χ1v) is 9.61. The first-order valence-electron chi connectivity index (χ1n) is 8.82. The summed E-state index contributed by atoms with van der Waals surface area (Å²) in [4.78, 5) is 9.03. The van der Waals surface area contributed by atoms with Gasteiger partial charge in [0.05, 0.1) is 13.5 Å². The minimum absolute atomic E-state index is 0.0120. The third-order valence-electron chi connectivity index (χ3n) is 4.18. The molecule has 2 rings (SSSR count). The summed E-state index contributed by atoms with van der Waals surface area (Å²) < 4.78 is 12.6. The van der Waals surface area contributed by atoms with Gasteiger partial charge < -0.3 is 9.47 Å². The molecule has 0 aromatic carbocycles. The van der Waals surface area contributed by atoms with Crippen molar-refractivity contribution in [1.82, 2.24) is 0 Å². The highest BCUT2D eigenvalue weighted by atomic mass is 79.9. The zero-order chi connectivity index (χ0) is 19.5. The van der Waals surface area contributed by atoms with Crippen LogP contribution in [-0.4, -0.2) is 25.1 Å². The molecule has 4 nitrogen and oxygen atoms in total. The molecule has 0 aliphatic carbocycles. The fraction of sp³-hybridized carbons (Fsp3) is 0.524. The van der Waals surface area contributed by atoms with E-state index in [0.29, 0.717) is 18.2 Å². The summed E-state index contributed by atoms with van der Waals surface area (Å²) in [6.07, 6.45) is 9.90. The number of methoxy groups -OCH3 is 1. The van der Waals surface area contributed by atoms with E-state index in [0.717, 1.165) is 10.1 Å². The molecule has 2 aliphatic rings. The normalized spacial score (nSPS) is 21.5. The second-order valence-corrected chi connectivity index (χ2v) is 9.43. The van der Waals surface area contributed by atoms with E-state index in [1.807, 2.05) is 24.3 Å². The molecule has 0 spiro atoms. The van der Waals surface area contributed by atoms with Gasteiger partial charge in [0, 0.05) is 16.8 Å². The van der Waals surface area contributed by atoms with Crippen LogP contribution in [0.2, 0.25) is 0 Å². The second kappa shape index (κ2) is 7.95. The van der Waals surface area contributed by atoms with Gasteiger partial charge in [-0.1, -0.05) is 63.5 Å². The molecule has 0 N–H and O–H groups in total. The van der Waals surface area contributed by atoms with Crippen LogP contribution in [0, 0.1) is 10.8 Å². The first-order chi connectivity index (χ1) is 12.0. The third-order valence-corrected chi connectivity index (χ3v) is 4.89. The van der Waals surface area contributed by atoms with Crippen molar-refractivity contribution < 1.29 is 9.47 Å². The summed E-state index contributed by atoms with van der Waals surface area (Å²) in [7, 11) is 1.61. The zero-order valence-corrected chi connectivity index (χ0v) is 18.3. The summed E-state index contributed by atoms with van der Waals surface area (Å²) in [6, 6.07) is 0. The predicted molar refractivity (Wildman–Crippen MR) is 113 cm³/mol. The van der Waals surface area contributed by atoms with E-state index in [4.69, 9.17) is 9.47 Å². The smallest absolute Gasteiger partial charge is 0.214 e. The van der Waals surface area contributed by atoms with Crippen LogP contribution in [0.4, 0.5) is 0 Å². The Labute approximate surface area is 165 Å². The van der Waals surface area contributed by atoms with Gasteiger partial charge in [-0.25, -0.2) is 9.98 Å². The van der Waals surface area contributed by atoms with Gasteiger partial charge >= 0.3 is 0 Å². The topological polar surface area (TPSA) is 43.2 Å². The molecular weight excluding hydrogens is 392 g/mol. The first kappa shape index (κ1) is 20.7. The molecule has 0 fully saturated rings. The summed E-state index contributed by atoms with van der Waals surface area (Å²) in [5, 5.41) is 0. The summed E-state index contributed by atoms with van der Waals surface area (Å²) in [5.74, 6) is 1.17. The van der Waals surface area contributed by atoms with Crippen molar-refractivity contribution in [3.8, 4) is 0 Å². The van der Waals surface area contributed by atoms with Crippen molar-refractivity contribution in [3.63, 3.8) is 0 Å². The standard InChI is InChI=1S/C21H29BrN2O2/c1-20(2,3)14-8-9-17(25-7)24-19(12-14)26-18-13-16(22)15(10-11-23-18)21(4,5)6/h8-12,19H,13H2,1-7H3. The van der Waals surface area contributed by atoms with Crippen LogP contribution < -0.4 is 0 Å². The number of aliphatic imine (C=N–C) groups is 2. The SMILES string of the molecule is COC1=NC(OC2=NC=CC(C(C)(C)C)=C(Br)C2)C=C(C(C)(C)C)C=C1. The lowest BCUT2D eigenvalue weighted by molar-refractivity contribution is 0.234. The Morgan fingerprint density at radius 2 is 1.73 bits per heavy atom. The van der Waals surface area contributed by atoms with E-state index in [9.17, 15) is 0 Å². The second-order valence-electron chi connectivity index (χ2n) is 8.47. The van der Waals surface area contributed by atoms with Gasteiger partial charge in [0.25, 0.3) is 0 Å². The minimum Gasteiger partial charge on any atom is -0.481 e. The minimum atomic E-state index is -0.474. The number of rotatable bonds is 1. The average Bonchev–Trinajstić information content (AvgIpc) is 2.82. The van der Waals surface area contributed by atoms with E-state index in [-0.39, 0.29) is 10.8 Å². The van der Waals surface area contributed by atoms with E-state index in [2.05, 4.69) is 67.5 Å². The molecule has 0 bridgehead atoms. The predicted octanol–water partition coefficient (Wildman–Crippen LogP) is 5.93. The highest BCUT2D eigenvalue weighted by Gasteiger charge is 2.24. The average molecular weight is 421 g/mol. The number of ether oxygens (including phenoxy) is 2. The molecule has 0 aromatic heterocycles. The monoisotopic (exact) mass is 420 g/mol. The molecule has 142 valence electrons. The number of allylic oxidation sites excluding steroid dienone is 4. The Bertz CT molecular complexity index is 726. The molecule has 26 heavy (non-hydrogen) atoms. The number of halogens is 1. The van der Waals surface area contributed by atoms with Gasteiger partial charge in [-0.05, 0) is 34.1 Å². The Morgan fingerprint density at radius 3 is 2.31 bits per heavy atom. The molecule has 2 aliphatic heterocycles. The lowest BCUT2D eigenvalue weighted by atomic mass is 9.86. The molecule has 5 heteroatoms. The molecule has 2 heterocycles. The van der Waals surface area contributed by atoms with Gasteiger partial charge in [0.15, 0.2) is 5.90 Å². The fourth-order valence-corrected chi connectivity index (χ4v) is 3.65. The van der Waals surface area contributed by atoms with Crippen LogP contribution in [-0.2, 0) is 9.47 Å². The summed E-state index contributed by atoms with van der Waals surface area (Å²) in [6.45, 7) is 13.1. The molecule has 0 amide bonds. The molecule has 0 aromatic rings. The maximum atomic E-state index is 6.13. The van der Waals surface area contributed by atoms with Crippen LogP contribution in [0.3, 0.4) is 0 Å². The van der Waals surface area contributed by atoms with Crippen LogP contribution in [0.15, 0.2) is 56.1 Å². The largest absolute Gasteiger partial charge is 0.481 e. The van der Waals surface area contributed by atoms with E-state index in [1.165, 1.54) is 5.57 Å². The van der Waals surface area contributed by atoms with Crippen molar-refractivity contribution in [2.45, 2.75) is 54.2 Å². The van der Waals surface area contributed by atoms with Crippen LogP contribution in [0.5, 0.6) is 0 Å². The zero-order valence-electron chi connectivity index (χ0n) is 16.8. The van der Waals surface area contributed by atoms with Crippen LogP contribution >= 0.6 is 15.9 Å². The Kier molecular flexibility index (Phi) is 6.33. The van der Waals surface area contributed by atoms with E-state index < -0.39 is 6.23 Å². The maximum Gasteiger partial charge on any atom is 0.214 e. The van der Waals surface area contributed by atoms with Crippen molar-refractivity contribution in [2.24, 2.45) is 20.8 Å². The lowest BCUT2D eigenvalue weighted by Gasteiger charge is -2.22. The maximum absolute atomic E-state index is 6.13. The highest BCUT2D eigenvalue weighted by Crippen LogP contribution is 2.35. The molecule has 0 saturated carbocycles. The van der Waals surface area contributed by atoms with Gasteiger partial charge in [0.2, 0.25) is 12.1 Å². The Morgan fingerprint density at radius 1 is 1.04 bits per heavy atom. The lowest BCUT2D eigenvalue weighted by Crippen LogP contribution is -2.18. The van der Waals surface area contributed by atoms with Gasteiger partial charge in [-0.2, -0.15) is 0 Å². The van der Waals surface area contributed by atoms with E-state index in [1.54, 1.807) is 13.3 Å². The molecular formula is C21H29BrN2O2. The third kappa shape index (κ3) is 5.44. The number of nitrogens with zero attached hydrogens (tertiary/aromatic N) is 2. The van der Waals surface area contributed by atoms with Gasteiger partial charge in [0.1, 0.15) is 0 Å². The van der Waals surface area contributed by atoms with Crippen molar-refractivity contribution in [1.29, 1.82) is 0 Å². The quantitative estimate of drug-likeness (QED) is 0.527. The van der Waals surface area contributed by atoms with Crippen LogP contribution in [0.1, 0.15) is 48.0 Å². The highest BCUT2D eigenvalue weighted by molar-refractivity contribution is 9.11. The van der Waals surface area contributed by atoms with Gasteiger partial charge in [-0.3, -0.25) is 0 Å². The Hall–Kier alpha value is -1.62. The van der Waals surface area contributed by atoms with Gasteiger partial charge in [-0.15, -0.1) is 0 Å². The van der Waals surface area contributed by atoms with Crippen molar-refractivity contribution >= 4 is 27.7 Å². The van der Waals surface area contributed by atoms with Crippen molar-refractivity contribution in [3.05, 3.63) is 46.1 Å². The molecule has 1 atom stereocenters. The molecule has 1 unspecified atom stereocenters. The molecule has 0 radical (unpaired) electrons. The van der Waals surface area contributed by atoms with E-state index >= 15 is 0 Å². The summed E-state index contributed by atoms with van der Waals surface area (Å²) >= 11 is 3.71. The molecule has 0 saturated heterocycles. The van der Waals surface area contributed by atoms with Crippen LogP contribution in [0.25, 0.3) is 0 Å². The number of hydrogen-bond donors (Lipinski definition) is 0. The van der Waals surface area contributed by atoms with Crippen molar-refractivity contribution in [2.75, 3.05) is 7.11 Å². The Balaban J connectivity index is 2.27. The fourth-order valence-electron chi connectivity index (χ4n) is 2.68. The summed E-state index contributed by atoms with van der Waals surface area (Å²) in [5.41, 5.74) is 2.39. The number of hydrogen-bond acceptors (Lipinski definition) is 4.